The second-order valence-electron chi connectivity index (χ2n) is 8.85. The van der Waals surface area contributed by atoms with Gasteiger partial charge in [-0.2, -0.15) is 5.10 Å². The van der Waals surface area contributed by atoms with Gasteiger partial charge in [0.25, 0.3) is 0 Å². The molecule has 172 valence electrons. The van der Waals surface area contributed by atoms with Crippen molar-refractivity contribution in [1.82, 2.24) is 19.7 Å². The first-order valence-corrected chi connectivity index (χ1v) is 10.4. The molecular formula is C23H23F2N5O3. The van der Waals surface area contributed by atoms with E-state index in [4.69, 9.17) is 0 Å². The second-order valence-corrected chi connectivity index (χ2v) is 8.85. The van der Waals surface area contributed by atoms with Crippen molar-refractivity contribution >= 4 is 17.6 Å². The maximum absolute atomic E-state index is 14.6. The molecule has 1 atom stereocenters. The molecule has 1 fully saturated rings. The van der Waals surface area contributed by atoms with Crippen molar-refractivity contribution in [3.05, 3.63) is 59.4 Å². The van der Waals surface area contributed by atoms with Gasteiger partial charge >= 0.3 is 5.97 Å². The first-order chi connectivity index (χ1) is 15.6. The van der Waals surface area contributed by atoms with Gasteiger partial charge in [0.1, 0.15) is 17.2 Å². The minimum Gasteiger partial charge on any atom is -0.481 e. The van der Waals surface area contributed by atoms with E-state index in [-0.39, 0.29) is 41.9 Å². The molecule has 0 bridgehead atoms. The third-order valence-electron chi connectivity index (χ3n) is 5.92. The number of halogens is 2. The Labute approximate surface area is 188 Å². The highest BCUT2D eigenvalue weighted by Gasteiger charge is 2.45. The van der Waals surface area contributed by atoms with Crippen LogP contribution in [0.4, 0.5) is 14.6 Å². The van der Waals surface area contributed by atoms with Gasteiger partial charge in [0.2, 0.25) is 0 Å². The molecule has 10 heteroatoms. The lowest BCUT2D eigenvalue weighted by molar-refractivity contribution is -0.143. The van der Waals surface area contributed by atoms with Crippen molar-refractivity contribution in [2.24, 2.45) is 11.3 Å². The van der Waals surface area contributed by atoms with E-state index in [2.05, 4.69) is 15.1 Å². The zero-order valence-corrected chi connectivity index (χ0v) is 18.4. The van der Waals surface area contributed by atoms with E-state index < -0.39 is 28.9 Å². The van der Waals surface area contributed by atoms with Crippen molar-refractivity contribution in [1.29, 1.82) is 0 Å². The molecule has 1 aliphatic rings. The smallest absolute Gasteiger partial charge is 0.308 e. The molecule has 3 aromatic rings. The number of carboxylic acids is 1. The van der Waals surface area contributed by atoms with Crippen LogP contribution < -0.4 is 4.90 Å². The molecule has 3 heterocycles. The highest BCUT2D eigenvalue weighted by molar-refractivity contribution is 5.93. The molecule has 0 radical (unpaired) electrons. The molecule has 0 aliphatic carbocycles. The van der Waals surface area contributed by atoms with Gasteiger partial charge in [-0.05, 0) is 17.5 Å². The number of aliphatic carboxylic acids is 1. The van der Waals surface area contributed by atoms with E-state index in [0.717, 1.165) is 6.20 Å². The molecule has 1 N–H and O–H groups in total. The Morgan fingerprint density at radius 2 is 1.94 bits per heavy atom. The molecule has 1 unspecified atom stereocenters. The third kappa shape index (κ3) is 4.33. The zero-order chi connectivity index (χ0) is 23.9. The van der Waals surface area contributed by atoms with Crippen LogP contribution in [0.3, 0.4) is 0 Å². The average Bonchev–Trinajstić information content (AvgIpc) is 3.30. The number of carboxylic acid groups (broad SMARTS) is 1. The van der Waals surface area contributed by atoms with Crippen LogP contribution >= 0.6 is 0 Å². The summed E-state index contributed by atoms with van der Waals surface area (Å²) in [6, 6.07) is 7.66. The summed E-state index contributed by atoms with van der Waals surface area (Å²) in [6.45, 7) is 5.43. The van der Waals surface area contributed by atoms with Gasteiger partial charge < -0.3 is 10.0 Å². The molecule has 2 aromatic heterocycles. The Bertz CT molecular complexity index is 1240. The van der Waals surface area contributed by atoms with E-state index in [1.165, 1.54) is 23.7 Å². The summed E-state index contributed by atoms with van der Waals surface area (Å²) in [6.07, 6.45) is 1.00. The van der Waals surface area contributed by atoms with Crippen LogP contribution in [0.5, 0.6) is 0 Å². The largest absolute Gasteiger partial charge is 0.481 e. The van der Waals surface area contributed by atoms with E-state index in [1.807, 2.05) is 13.8 Å². The minimum absolute atomic E-state index is 0.0233. The van der Waals surface area contributed by atoms with Gasteiger partial charge in [-0.15, -0.1) is 0 Å². The Hall–Kier alpha value is -3.69. The van der Waals surface area contributed by atoms with Gasteiger partial charge in [-0.1, -0.05) is 32.0 Å². The fourth-order valence-corrected chi connectivity index (χ4v) is 4.13. The molecule has 0 amide bonds. The minimum atomic E-state index is -0.949. The van der Waals surface area contributed by atoms with E-state index in [1.54, 1.807) is 23.1 Å². The summed E-state index contributed by atoms with van der Waals surface area (Å²) in [7, 11) is 0. The number of carbonyl (C=O) groups is 2. The third-order valence-corrected chi connectivity index (χ3v) is 5.92. The molecule has 8 nitrogen and oxygen atoms in total. The predicted molar refractivity (Wildman–Crippen MR) is 116 cm³/mol. The number of carbonyl (C=O) groups excluding carboxylic acids is 1. The molecule has 4 rings (SSSR count). The van der Waals surface area contributed by atoms with Crippen LogP contribution in [0, 0.1) is 23.0 Å². The molecule has 1 aromatic carbocycles. The van der Waals surface area contributed by atoms with Gasteiger partial charge in [0.05, 0.1) is 18.7 Å². The van der Waals surface area contributed by atoms with Crippen LogP contribution in [0.15, 0.2) is 36.5 Å². The molecular weight excluding hydrogens is 432 g/mol. The quantitative estimate of drug-likeness (QED) is 0.569. The Morgan fingerprint density at radius 1 is 1.21 bits per heavy atom. The molecule has 1 aliphatic heterocycles. The maximum atomic E-state index is 14.6. The lowest BCUT2D eigenvalue weighted by atomic mass is 9.82. The van der Waals surface area contributed by atoms with Crippen molar-refractivity contribution in [3.8, 4) is 11.5 Å². The topological polar surface area (TPSA) is 101 Å². The number of aromatic nitrogens is 4. The summed E-state index contributed by atoms with van der Waals surface area (Å²) in [5.74, 6) is -2.96. The second kappa shape index (κ2) is 8.34. The number of rotatable bonds is 6. The van der Waals surface area contributed by atoms with Crippen molar-refractivity contribution in [2.75, 3.05) is 18.0 Å². The first kappa shape index (κ1) is 22.5. The van der Waals surface area contributed by atoms with Crippen LogP contribution in [0.1, 0.15) is 36.8 Å². The highest BCUT2D eigenvalue weighted by Crippen LogP contribution is 2.38. The summed E-state index contributed by atoms with van der Waals surface area (Å²) in [5, 5.41) is 13.9. The molecule has 1 saturated heterocycles. The number of hydrogen-bond donors (Lipinski definition) is 1. The van der Waals surface area contributed by atoms with Crippen molar-refractivity contribution in [2.45, 2.75) is 27.3 Å². The Balaban J connectivity index is 1.70. The zero-order valence-electron chi connectivity index (χ0n) is 18.4. The number of benzene rings is 1. The average molecular weight is 455 g/mol. The predicted octanol–water partition coefficient (Wildman–Crippen LogP) is 3.42. The Morgan fingerprint density at radius 3 is 2.58 bits per heavy atom. The number of ketones is 1. The molecule has 33 heavy (non-hydrogen) atoms. The number of anilines is 1. The van der Waals surface area contributed by atoms with Crippen molar-refractivity contribution in [3.63, 3.8) is 0 Å². The van der Waals surface area contributed by atoms with E-state index >= 15 is 0 Å². The molecule has 0 saturated carbocycles. The van der Waals surface area contributed by atoms with E-state index in [0.29, 0.717) is 12.1 Å². The number of Topliss-reactive ketones (excluding diaryl/α,β-unsaturated/α-hetero) is 1. The maximum Gasteiger partial charge on any atom is 0.308 e. The van der Waals surface area contributed by atoms with E-state index in [9.17, 15) is 23.5 Å². The molecule has 0 spiro atoms. The SMILES string of the molecule is CC(=O)c1cc(-c2ncc(F)c(N3CC(C(=O)O)C(C)(C)C3)n2)nn1Cc1ccccc1F. The fraction of sp³-hybridized carbons (Fsp3) is 0.348. The summed E-state index contributed by atoms with van der Waals surface area (Å²) >= 11 is 0. The Kier molecular flexibility index (Phi) is 5.69. The lowest BCUT2D eigenvalue weighted by Gasteiger charge is -2.22. The van der Waals surface area contributed by atoms with Gasteiger partial charge in [-0.3, -0.25) is 14.3 Å². The van der Waals surface area contributed by atoms with Gasteiger partial charge in [0.15, 0.2) is 23.2 Å². The number of nitrogens with zero attached hydrogens (tertiary/aromatic N) is 5. The summed E-state index contributed by atoms with van der Waals surface area (Å²) in [4.78, 5) is 33.7. The standard InChI is InChI=1S/C23H23F2N5O3/c1-13(31)19-8-18(28-30(19)10-14-6-4-5-7-16(14)24)20-26-9-17(25)21(27-20)29-11-15(22(32)33)23(2,3)12-29/h4-9,15H,10-12H2,1-3H3,(H,32,33). The van der Waals surface area contributed by atoms with Crippen LogP contribution in [-0.4, -0.2) is 49.7 Å². The lowest BCUT2D eigenvalue weighted by Crippen LogP contribution is -2.28. The van der Waals surface area contributed by atoms with Crippen LogP contribution in [0.2, 0.25) is 0 Å². The van der Waals surface area contributed by atoms with Gasteiger partial charge in [-0.25, -0.2) is 18.7 Å². The first-order valence-electron chi connectivity index (χ1n) is 10.4. The monoisotopic (exact) mass is 455 g/mol. The number of hydrogen-bond acceptors (Lipinski definition) is 6. The van der Waals surface area contributed by atoms with Crippen LogP contribution in [0.25, 0.3) is 11.5 Å². The summed E-state index contributed by atoms with van der Waals surface area (Å²) in [5.41, 5.74) is 0.239. The highest BCUT2D eigenvalue weighted by atomic mass is 19.1. The normalized spacial score (nSPS) is 17.4. The van der Waals surface area contributed by atoms with Crippen molar-refractivity contribution < 1.29 is 23.5 Å². The van der Waals surface area contributed by atoms with Gasteiger partial charge in [0, 0.05) is 25.6 Å². The van der Waals surface area contributed by atoms with Crippen LogP contribution in [-0.2, 0) is 11.3 Å². The summed E-state index contributed by atoms with van der Waals surface area (Å²) < 4.78 is 30.1. The fourth-order valence-electron chi connectivity index (χ4n) is 4.13.